The van der Waals surface area contributed by atoms with Crippen molar-refractivity contribution in [1.29, 1.82) is 0 Å². The lowest BCUT2D eigenvalue weighted by atomic mass is 9.92. The summed E-state index contributed by atoms with van der Waals surface area (Å²) in [5.41, 5.74) is 0. The molecule has 6 nitrogen and oxygen atoms in total. The first kappa shape index (κ1) is 18.6. The van der Waals surface area contributed by atoms with Gasteiger partial charge >= 0.3 is 0 Å². The minimum atomic E-state index is 0.229. The maximum Gasteiger partial charge on any atom is 0.232 e. The van der Waals surface area contributed by atoms with Crippen LogP contribution in [0.5, 0.6) is 0 Å². The molecule has 0 amide bonds. The number of nitrogens with zero attached hydrogens (tertiary/aromatic N) is 3. The van der Waals surface area contributed by atoms with Gasteiger partial charge < -0.3 is 20.3 Å². The van der Waals surface area contributed by atoms with Crippen molar-refractivity contribution >= 4 is 40.7 Å². The smallest absolute Gasteiger partial charge is 0.232 e. The fourth-order valence-electron chi connectivity index (χ4n) is 3.63. The molecule has 8 heteroatoms. The molecule has 25 heavy (non-hydrogen) atoms. The first-order valence-electron chi connectivity index (χ1n) is 8.95. The van der Waals surface area contributed by atoms with Gasteiger partial charge in [-0.25, -0.2) is 4.98 Å². The standard InChI is InChI=1S/C17H26ClN5OS/c1-11-6-12(2)10-23(9-11)15-7-14(18)20-16(21-15)22-17(25)19-8-13-4-3-5-24-13/h7,11-13H,3-6,8-10H2,1-2H3,(H2,19,20,21,22,25)/t11-,12+,13-/m0/s1. The zero-order valence-electron chi connectivity index (χ0n) is 14.8. The summed E-state index contributed by atoms with van der Waals surface area (Å²) in [6, 6.07) is 1.82. The number of ether oxygens (including phenoxy) is 1. The lowest BCUT2D eigenvalue weighted by Crippen LogP contribution is -2.39. The predicted octanol–water partition coefficient (Wildman–Crippen LogP) is 3.08. The van der Waals surface area contributed by atoms with E-state index in [2.05, 4.69) is 39.3 Å². The van der Waals surface area contributed by atoms with Crippen molar-refractivity contribution in [3.8, 4) is 0 Å². The molecule has 2 saturated heterocycles. The second-order valence-corrected chi connectivity index (χ2v) is 7.99. The molecule has 0 bridgehead atoms. The number of halogens is 1. The summed E-state index contributed by atoms with van der Waals surface area (Å²) < 4.78 is 5.58. The third-order valence-electron chi connectivity index (χ3n) is 4.61. The van der Waals surface area contributed by atoms with Crippen LogP contribution in [-0.2, 0) is 4.74 Å². The van der Waals surface area contributed by atoms with Gasteiger partial charge in [0.15, 0.2) is 5.11 Å². The number of anilines is 2. The van der Waals surface area contributed by atoms with E-state index >= 15 is 0 Å². The van der Waals surface area contributed by atoms with Crippen molar-refractivity contribution in [2.75, 3.05) is 36.5 Å². The Morgan fingerprint density at radius 1 is 1.36 bits per heavy atom. The van der Waals surface area contributed by atoms with Crippen molar-refractivity contribution < 1.29 is 4.74 Å². The number of thiocarbonyl (C=S) groups is 1. The molecule has 2 aliphatic heterocycles. The van der Waals surface area contributed by atoms with Crippen LogP contribution in [0.1, 0.15) is 33.1 Å². The van der Waals surface area contributed by atoms with Crippen LogP contribution in [-0.4, -0.2) is 47.4 Å². The number of nitrogens with one attached hydrogen (secondary N) is 2. The van der Waals surface area contributed by atoms with Gasteiger partial charge in [0.2, 0.25) is 5.95 Å². The summed E-state index contributed by atoms with van der Waals surface area (Å²) in [5, 5.41) is 7.11. The van der Waals surface area contributed by atoms with Crippen molar-refractivity contribution in [3.05, 3.63) is 11.2 Å². The Morgan fingerprint density at radius 3 is 2.80 bits per heavy atom. The van der Waals surface area contributed by atoms with E-state index in [0.29, 0.717) is 34.6 Å². The molecule has 138 valence electrons. The lowest BCUT2D eigenvalue weighted by Gasteiger charge is -2.35. The van der Waals surface area contributed by atoms with E-state index in [1.807, 2.05) is 6.07 Å². The fraction of sp³-hybridized carbons (Fsp3) is 0.706. The second-order valence-electron chi connectivity index (χ2n) is 7.19. The van der Waals surface area contributed by atoms with E-state index in [1.165, 1.54) is 6.42 Å². The molecule has 3 atom stereocenters. The number of rotatable bonds is 4. The van der Waals surface area contributed by atoms with Crippen molar-refractivity contribution in [1.82, 2.24) is 15.3 Å². The molecular weight excluding hydrogens is 358 g/mol. The SMILES string of the molecule is C[C@@H]1C[C@H](C)CN(c2cc(Cl)nc(NC(=S)NC[C@@H]3CCCO3)n2)C1. The van der Waals surface area contributed by atoms with Crippen molar-refractivity contribution in [2.45, 2.75) is 39.2 Å². The van der Waals surface area contributed by atoms with Crippen molar-refractivity contribution in [3.63, 3.8) is 0 Å². The number of piperidine rings is 1. The average Bonchev–Trinajstić information content (AvgIpc) is 3.05. The molecule has 0 aliphatic carbocycles. The molecule has 0 unspecified atom stereocenters. The topological polar surface area (TPSA) is 62.3 Å². The summed E-state index contributed by atoms with van der Waals surface area (Å²) in [6.07, 6.45) is 3.66. The first-order chi connectivity index (χ1) is 12.0. The van der Waals surface area contributed by atoms with Gasteiger partial charge in [-0.2, -0.15) is 4.98 Å². The molecule has 0 spiro atoms. The number of hydrogen-bond acceptors (Lipinski definition) is 5. The maximum atomic E-state index is 6.20. The van der Waals surface area contributed by atoms with Gasteiger partial charge in [-0.05, 0) is 43.3 Å². The Kier molecular flexibility index (Phi) is 6.30. The molecule has 3 heterocycles. The molecule has 1 aromatic rings. The summed E-state index contributed by atoms with van der Waals surface area (Å²) in [7, 11) is 0. The minimum absolute atomic E-state index is 0.229. The highest BCUT2D eigenvalue weighted by atomic mass is 35.5. The molecule has 0 aromatic carbocycles. The number of aromatic nitrogens is 2. The normalized spacial score (nSPS) is 26.5. The van der Waals surface area contributed by atoms with E-state index in [-0.39, 0.29) is 6.10 Å². The van der Waals surface area contributed by atoms with Crippen molar-refractivity contribution in [2.24, 2.45) is 11.8 Å². The highest BCUT2D eigenvalue weighted by molar-refractivity contribution is 7.80. The van der Waals surface area contributed by atoms with Crippen LogP contribution in [0.2, 0.25) is 5.15 Å². The molecule has 0 saturated carbocycles. The molecule has 2 aliphatic rings. The zero-order chi connectivity index (χ0) is 17.8. The second kappa shape index (κ2) is 8.47. The van der Waals surface area contributed by atoms with Gasteiger partial charge in [-0.3, -0.25) is 0 Å². The van der Waals surface area contributed by atoms with Gasteiger partial charge in [0.1, 0.15) is 11.0 Å². The molecule has 3 rings (SSSR count). The van der Waals surface area contributed by atoms with Gasteiger partial charge in [-0.15, -0.1) is 0 Å². The van der Waals surface area contributed by atoms with E-state index < -0.39 is 0 Å². The van der Waals surface area contributed by atoms with E-state index in [4.69, 9.17) is 28.6 Å². The summed E-state index contributed by atoms with van der Waals surface area (Å²) in [5.74, 6) is 2.56. The maximum absolute atomic E-state index is 6.20. The Morgan fingerprint density at radius 2 is 2.12 bits per heavy atom. The van der Waals surface area contributed by atoms with Crippen LogP contribution >= 0.6 is 23.8 Å². The Balaban J connectivity index is 1.61. The molecular formula is C17H26ClN5OS. The predicted molar refractivity (Wildman–Crippen MR) is 105 cm³/mol. The Hall–Kier alpha value is -1.18. The third kappa shape index (κ3) is 5.39. The minimum Gasteiger partial charge on any atom is -0.376 e. The van der Waals surface area contributed by atoms with Crippen LogP contribution < -0.4 is 15.5 Å². The van der Waals surface area contributed by atoms with E-state index in [1.54, 1.807) is 0 Å². The monoisotopic (exact) mass is 383 g/mol. The molecule has 2 fully saturated rings. The summed E-state index contributed by atoms with van der Waals surface area (Å²) in [4.78, 5) is 11.1. The molecule has 0 radical (unpaired) electrons. The number of hydrogen-bond donors (Lipinski definition) is 2. The van der Waals surface area contributed by atoms with E-state index in [9.17, 15) is 0 Å². The van der Waals surface area contributed by atoms with Crippen LogP contribution in [0.4, 0.5) is 11.8 Å². The van der Waals surface area contributed by atoms with E-state index in [0.717, 1.165) is 38.4 Å². The lowest BCUT2D eigenvalue weighted by molar-refractivity contribution is 0.114. The zero-order valence-corrected chi connectivity index (χ0v) is 16.4. The van der Waals surface area contributed by atoms with Gasteiger partial charge in [0, 0.05) is 32.3 Å². The Labute approximate surface area is 159 Å². The molecule has 2 N–H and O–H groups in total. The third-order valence-corrected chi connectivity index (χ3v) is 5.05. The quantitative estimate of drug-likeness (QED) is 0.611. The highest BCUT2D eigenvalue weighted by Crippen LogP contribution is 2.27. The van der Waals surface area contributed by atoms with Crippen LogP contribution in [0.15, 0.2) is 6.07 Å². The largest absolute Gasteiger partial charge is 0.376 e. The Bertz CT molecular complexity index is 601. The molecule has 1 aromatic heterocycles. The van der Waals surface area contributed by atoms with Gasteiger partial charge in [-0.1, -0.05) is 25.4 Å². The van der Waals surface area contributed by atoms with Gasteiger partial charge in [0.05, 0.1) is 6.10 Å². The highest BCUT2D eigenvalue weighted by Gasteiger charge is 2.23. The fourth-order valence-corrected chi connectivity index (χ4v) is 3.98. The summed E-state index contributed by atoms with van der Waals surface area (Å²) >= 11 is 11.5. The van der Waals surface area contributed by atoms with Crippen LogP contribution in [0, 0.1) is 11.8 Å². The van der Waals surface area contributed by atoms with Crippen LogP contribution in [0.25, 0.3) is 0 Å². The van der Waals surface area contributed by atoms with Gasteiger partial charge in [0.25, 0.3) is 0 Å². The first-order valence-corrected chi connectivity index (χ1v) is 9.74. The van der Waals surface area contributed by atoms with Crippen LogP contribution in [0.3, 0.4) is 0 Å². The summed E-state index contributed by atoms with van der Waals surface area (Å²) in [6.45, 7) is 8.04. The average molecular weight is 384 g/mol.